The Labute approximate surface area is 276 Å². The van der Waals surface area contributed by atoms with Crippen LogP contribution in [0.3, 0.4) is 0 Å². The molecule has 0 spiro atoms. The summed E-state index contributed by atoms with van der Waals surface area (Å²) in [5, 5.41) is 0. The van der Waals surface area contributed by atoms with Crippen LogP contribution in [-0.2, 0) is 18.5 Å². The van der Waals surface area contributed by atoms with Crippen LogP contribution in [0.5, 0.6) is 0 Å². The summed E-state index contributed by atoms with van der Waals surface area (Å²) >= 11 is 0. The highest BCUT2D eigenvalue weighted by Crippen LogP contribution is 2.44. The third-order valence-electron chi connectivity index (χ3n) is 7.52. The predicted molar refractivity (Wildman–Crippen MR) is 138 cm³/mol. The molecule has 0 fully saturated rings. The molecule has 0 aliphatic carbocycles. The van der Waals surface area contributed by atoms with Crippen molar-refractivity contribution in [3.63, 3.8) is 0 Å². The van der Waals surface area contributed by atoms with E-state index in [0.29, 0.717) is 27.7 Å². The van der Waals surface area contributed by atoms with Crippen LogP contribution < -0.4 is 0 Å². The van der Waals surface area contributed by atoms with E-state index in [2.05, 4.69) is 0 Å². The van der Waals surface area contributed by atoms with E-state index in [1.807, 2.05) is 0 Å². The van der Waals surface area contributed by atoms with Crippen molar-refractivity contribution in [2.75, 3.05) is 0 Å². The van der Waals surface area contributed by atoms with Gasteiger partial charge >= 0.3 is 18.5 Å². The molecule has 3 aromatic rings. The van der Waals surface area contributed by atoms with Crippen LogP contribution in [0.15, 0.2) is 17.2 Å². The SMILES string of the molecule is C/C(=C/C(=C(\C)c1c(F)c(F)c(C(F)(F)F)c(F)c1F)C(/C)=C(\C)c1c(F)c(F)c(C(F)(F)F)c(F)c1F)c1c(F)c(F)c(C(F)(F)F)c(F)c1F. The molecule has 284 valence electrons. The first-order valence-corrected chi connectivity index (χ1v) is 13.3. The fourth-order valence-corrected chi connectivity index (χ4v) is 4.96. The average Bonchev–Trinajstić information content (AvgIpc) is 2.98. The number of rotatable bonds is 5. The molecule has 0 atom stereocenters. The third kappa shape index (κ3) is 6.96. The fraction of sp³-hybridized carbons (Fsp3) is 0.226. The molecule has 3 rings (SSSR count). The lowest BCUT2D eigenvalue weighted by molar-refractivity contribution is -0.144. The van der Waals surface area contributed by atoms with Crippen molar-refractivity contribution in [3.8, 4) is 0 Å². The molecule has 52 heavy (non-hydrogen) atoms. The van der Waals surface area contributed by atoms with Crippen molar-refractivity contribution in [1.82, 2.24) is 0 Å². The molecule has 0 amide bonds. The average molecular weight is 784 g/mol. The van der Waals surface area contributed by atoms with Gasteiger partial charge in [0, 0.05) is 0 Å². The third-order valence-corrected chi connectivity index (χ3v) is 7.52. The smallest absolute Gasteiger partial charge is 0.203 e. The molecule has 3 aromatic carbocycles. The first-order valence-electron chi connectivity index (χ1n) is 13.3. The molecular formula is C31H13F21. The summed E-state index contributed by atoms with van der Waals surface area (Å²) in [7, 11) is 0. The van der Waals surface area contributed by atoms with Gasteiger partial charge in [0.05, 0.1) is 16.7 Å². The van der Waals surface area contributed by atoms with Crippen molar-refractivity contribution in [2.24, 2.45) is 0 Å². The molecule has 0 saturated carbocycles. The van der Waals surface area contributed by atoms with Crippen LogP contribution in [-0.4, -0.2) is 0 Å². The van der Waals surface area contributed by atoms with Gasteiger partial charge in [-0.3, -0.25) is 0 Å². The maximum Gasteiger partial charge on any atom is 0.422 e. The van der Waals surface area contributed by atoms with Crippen LogP contribution in [0.4, 0.5) is 92.2 Å². The second-order valence-corrected chi connectivity index (χ2v) is 10.6. The van der Waals surface area contributed by atoms with E-state index in [1.54, 1.807) is 0 Å². The Morgan fingerprint density at radius 3 is 0.827 bits per heavy atom. The standard InChI is InChI=1S/C31H13F21/c1-6(11-17(32)23(38)14(29(44,45)46)24(39)18(11)33)5-10(9(4)13-21(36)27(42)16(31(50,51)52)28(43)22(13)37)7(2)8(3)12-19(34)25(40)15(30(47,48)49)26(41)20(12)35/h5H,1-4H3/b6-5-,8-7+,10-9-. The molecule has 0 aliphatic rings. The van der Waals surface area contributed by atoms with Crippen LogP contribution in [0.2, 0.25) is 0 Å². The molecule has 0 aliphatic heterocycles. The number of hydrogen-bond acceptors (Lipinski definition) is 0. The van der Waals surface area contributed by atoms with E-state index in [-0.39, 0.29) is 6.08 Å². The van der Waals surface area contributed by atoms with E-state index in [0.717, 1.165) is 0 Å². The molecule has 0 heterocycles. The van der Waals surface area contributed by atoms with Crippen molar-refractivity contribution in [2.45, 2.75) is 46.2 Å². The zero-order valence-electron chi connectivity index (χ0n) is 25.5. The highest BCUT2D eigenvalue weighted by atomic mass is 19.4. The fourth-order valence-electron chi connectivity index (χ4n) is 4.96. The molecule has 0 radical (unpaired) electrons. The van der Waals surface area contributed by atoms with Gasteiger partial charge in [-0.15, -0.1) is 0 Å². The molecule has 0 bridgehead atoms. The van der Waals surface area contributed by atoms with Gasteiger partial charge in [-0.05, 0) is 55.6 Å². The Hall–Kier alpha value is -4.59. The lowest BCUT2D eigenvalue weighted by Crippen LogP contribution is -2.17. The van der Waals surface area contributed by atoms with Gasteiger partial charge in [0.1, 0.15) is 16.7 Å². The summed E-state index contributed by atoms with van der Waals surface area (Å²) in [4.78, 5) is 0. The summed E-state index contributed by atoms with van der Waals surface area (Å²) < 4.78 is 295. The van der Waals surface area contributed by atoms with E-state index >= 15 is 8.78 Å². The molecule has 21 heteroatoms. The van der Waals surface area contributed by atoms with Crippen LogP contribution in [0.25, 0.3) is 16.7 Å². The minimum absolute atomic E-state index is 0.0285. The van der Waals surface area contributed by atoms with Crippen molar-refractivity contribution < 1.29 is 92.2 Å². The van der Waals surface area contributed by atoms with Gasteiger partial charge in [-0.2, -0.15) is 39.5 Å². The Morgan fingerprint density at radius 1 is 0.346 bits per heavy atom. The van der Waals surface area contributed by atoms with Crippen molar-refractivity contribution in [3.05, 3.63) is 120 Å². The summed E-state index contributed by atoms with van der Waals surface area (Å²) in [5.41, 5.74) is -22.2. The highest BCUT2D eigenvalue weighted by molar-refractivity contribution is 5.84. The van der Waals surface area contributed by atoms with E-state index in [4.69, 9.17) is 0 Å². The maximum absolute atomic E-state index is 15.1. The normalized spacial score (nSPS) is 14.2. The first-order chi connectivity index (χ1) is 23.4. The Bertz CT molecular complexity index is 2000. The van der Waals surface area contributed by atoms with Gasteiger partial charge < -0.3 is 0 Å². The second-order valence-electron chi connectivity index (χ2n) is 10.6. The Kier molecular flexibility index (Phi) is 11.1. The number of halogens is 21. The molecule has 0 saturated heterocycles. The number of benzene rings is 3. The lowest BCUT2D eigenvalue weighted by atomic mass is 9.87. The number of alkyl halides is 9. The van der Waals surface area contributed by atoms with Crippen LogP contribution in [0.1, 0.15) is 61.1 Å². The van der Waals surface area contributed by atoms with Gasteiger partial charge in [-0.25, -0.2) is 52.7 Å². The number of allylic oxidation sites excluding steroid dienone is 6. The van der Waals surface area contributed by atoms with E-state index in [9.17, 15) is 83.4 Å². The second kappa shape index (κ2) is 13.8. The number of hydrogen-bond donors (Lipinski definition) is 0. The minimum atomic E-state index is -6.12. The van der Waals surface area contributed by atoms with Gasteiger partial charge in [0.25, 0.3) is 0 Å². The summed E-state index contributed by atoms with van der Waals surface area (Å²) in [6.45, 7) is 1.59. The summed E-state index contributed by atoms with van der Waals surface area (Å²) in [5.74, 6) is -35.6. The van der Waals surface area contributed by atoms with Crippen molar-refractivity contribution in [1.29, 1.82) is 0 Å². The largest absolute Gasteiger partial charge is 0.422 e. The predicted octanol–water partition coefficient (Wildman–Crippen LogP) is 12.8. The molecule has 0 nitrogen and oxygen atoms in total. The highest BCUT2D eigenvalue weighted by Gasteiger charge is 2.45. The quantitative estimate of drug-likeness (QED) is 0.137. The van der Waals surface area contributed by atoms with E-state index < -0.39 is 150 Å². The molecule has 0 N–H and O–H groups in total. The Morgan fingerprint density at radius 2 is 0.577 bits per heavy atom. The molecule has 0 unspecified atom stereocenters. The van der Waals surface area contributed by atoms with Crippen LogP contribution in [0, 0.1) is 69.8 Å². The minimum Gasteiger partial charge on any atom is -0.203 e. The van der Waals surface area contributed by atoms with Gasteiger partial charge in [0.2, 0.25) is 0 Å². The van der Waals surface area contributed by atoms with E-state index in [1.165, 1.54) is 0 Å². The zero-order chi connectivity index (χ0) is 40.5. The maximum atomic E-state index is 15.1. The van der Waals surface area contributed by atoms with Gasteiger partial charge in [0.15, 0.2) is 69.8 Å². The van der Waals surface area contributed by atoms with Crippen LogP contribution >= 0.6 is 0 Å². The first kappa shape index (κ1) is 41.8. The zero-order valence-corrected chi connectivity index (χ0v) is 25.5. The Balaban J connectivity index is 2.64. The molecule has 0 aromatic heterocycles. The summed E-state index contributed by atoms with van der Waals surface area (Å²) in [6.07, 6.45) is -18.2. The topological polar surface area (TPSA) is 0 Å². The summed E-state index contributed by atoms with van der Waals surface area (Å²) in [6, 6.07) is 0. The molecular weight excluding hydrogens is 771 g/mol. The van der Waals surface area contributed by atoms with Crippen molar-refractivity contribution >= 4 is 16.7 Å². The lowest BCUT2D eigenvalue weighted by Gasteiger charge is -2.20. The monoisotopic (exact) mass is 784 g/mol. The van der Waals surface area contributed by atoms with Gasteiger partial charge in [-0.1, -0.05) is 6.08 Å².